The molecule has 1 N–H and O–H groups in total. The molecule has 1 aromatic rings. The van der Waals surface area contributed by atoms with Crippen LogP contribution in [0.5, 0.6) is 11.5 Å². The Hall–Kier alpha value is -1.11. The van der Waals surface area contributed by atoms with Crippen LogP contribution in [0.15, 0.2) is 18.2 Å². The number of nitrogens with one attached hydrogen (secondary N) is 1. The van der Waals surface area contributed by atoms with Crippen molar-refractivity contribution in [3.63, 3.8) is 0 Å². The summed E-state index contributed by atoms with van der Waals surface area (Å²) >= 11 is 0. The molecule has 24 heavy (non-hydrogen) atoms. The molecule has 1 unspecified atom stereocenters. The standard InChI is InChI=1S/C17H26F2N2O2.ClH/c1-3-9-21(14-7-8-20-11-14)12-13-5-6-15(23-17(18)19)16(10-13)22-4-2;/h5-6,10,14,17,20H,3-4,7-9,11-12H2,1-2H3;1H. The van der Waals surface area contributed by atoms with Crippen molar-refractivity contribution in [3.8, 4) is 11.5 Å². The van der Waals surface area contributed by atoms with Gasteiger partial charge in [0, 0.05) is 19.1 Å². The number of alkyl halides is 2. The largest absolute Gasteiger partial charge is 0.490 e. The zero-order chi connectivity index (χ0) is 16.7. The van der Waals surface area contributed by atoms with Gasteiger partial charge in [-0.1, -0.05) is 13.0 Å². The third kappa shape index (κ3) is 6.07. The number of benzene rings is 1. The summed E-state index contributed by atoms with van der Waals surface area (Å²) in [6.45, 7) is 5.42. The Morgan fingerprint density at radius 1 is 1.29 bits per heavy atom. The smallest absolute Gasteiger partial charge is 0.387 e. The molecule has 0 aromatic heterocycles. The normalized spacial score (nSPS) is 17.2. The molecule has 0 aliphatic carbocycles. The first-order chi connectivity index (χ1) is 11.1. The lowest BCUT2D eigenvalue weighted by atomic mass is 10.1. The lowest BCUT2D eigenvalue weighted by molar-refractivity contribution is -0.0514. The van der Waals surface area contributed by atoms with Crippen molar-refractivity contribution in [1.82, 2.24) is 10.2 Å². The minimum Gasteiger partial charge on any atom is -0.490 e. The highest BCUT2D eigenvalue weighted by atomic mass is 35.5. The summed E-state index contributed by atoms with van der Waals surface area (Å²) in [6, 6.07) is 5.75. The topological polar surface area (TPSA) is 33.7 Å². The number of hydrogen-bond donors (Lipinski definition) is 1. The monoisotopic (exact) mass is 364 g/mol. The van der Waals surface area contributed by atoms with Gasteiger partial charge in [0.15, 0.2) is 11.5 Å². The number of nitrogens with zero attached hydrogens (tertiary/aromatic N) is 1. The Kier molecular flexibility index (Phi) is 9.33. The maximum atomic E-state index is 12.5. The van der Waals surface area contributed by atoms with Crippen molar-refractivity contribution >= 4 is 12.4 Å². The van der Waals surface area contributed by atoms with E-state index >= 15 is 0 Å². The Morgan fingerprint density at radius 3 is 2.67 bits per heavy atom. The third-order valence-electron chi connectivity index (χ3n) is 3.97. The van der Waals surface area contributed by atoms with Gasteiger partial charge in [0.2, 0.25) is 0 Å². The molecule has 0 radical (unpaired) electrons. The molecule has 1 fully saturated rings. The van der Waals surface area contributed by atoms with Crippen LogP contribution in [0.2, 0.25) is 0 Å². The fourth-order valence-corrected chi connectivity index (χ4v) is 2.98. The molecule has 1 atom stereocenters. The van der Waals surface area contributed by atoms with Crippen LogP contribution < -0.4 is 14.8 Å². The van der Waals surface area contributed by atoms with E-state index in [-0.39, 0.29) is 18.2 Å². The predicted octanol–water partition coefficient (Wildman–Crippen LogP) is 3.68. The summed E-state index contributed by atoms with van der Waals surface area (Å²) in [7, 11) is 0. The van der Waals surface area contributed by atoms with Gasteiger partial charge in [-0.3, -0.25) is 4.90 Å². The van der Waals surface area contributed by atoms with Crippen LogP contribution in [-0.2, 0) is 6.54 Å². The van der Waals surface area contributed by atoms with Gasteiger partial charge in [0.05, 0.1) is 6.61 Å². The van der Waals surface area contributed by atoms with Crippen LogP contribution in [0, 0.1) is 0 Å². The minimum absolute atomic E-state index is 0. The van der Waals surface area contributed by atoms with Gasteiger partial charge in [0.25, 0.3) is 0 Å². The van der Waals surface area contributed by atoms with E-state index in [2.05, 4.69) is 21.9 Å². The molecule has 1 aromatic carbocycles. The average molecular weight is 365 g/mol. The molecule has 0 saturated carbocycles. The van der Waals surface area contributed by atoms with E-state index in [4.69, 9.17) is 4.74 Å². The Bertz CT molecular complexity index is 486. The van der Waals surface area contributed by atoms with Crippen LogP contribution in [0.4, 0.5) is 8.78 Å². The summed E-state index contributed by atoms with van der Waals surface area (Å²) in [5.41, 5.74) is 1.05. The fourth-order valence-electron chi connectivity index (χ4n) is 2.98. The SMILES string of the molecule is CCCN(Cc1ccc(OC(F)F)c(OCC)c1)C1CCNC1.Cl. The summed E-state index contributed by atoms with van der Waals surface area (Å²) in [6.07, 6.45) is 2.23. The van der Waals surface area contributed by atoms with E-state index in [0.717, 1.165) is 44.6 Å². The third-order valence-corrected chi connectivity index (χ3v) is 3.97. The van der Waals surface area contributed by atoms with Gasteiger partial charge in [-0.15, -0.1) is 12.4 Å². The molecule has 1 aliphatic heterocycles. The Morgan fingerprint density at radius 2 is 2.08 bits per heavy atom. The van der Waals surface area contributed by atoms with Crippen LogP contribution in [0.25, 0.3) is 0 Å². The van der Waals surface area contributed by atoms with Gasteiger partial charge in [-0.05, 0) is 50.6 Å². The molecule has 0 bridgehead atoms. The molecule has 4 nitrogen and oxygen atoms in total. The van der Waals surface area contributed by atoms with Crippen molar-refractivity contribution in [3.05, 3.63) is 23.8 Å². The van der Waals surface area contributed by atoms with E-state index in [0.29, 0.717) is 18.4 Å². The maximum absolute atomic E-state index is 12.5. The summed E-state index contributed by atoms with van der Waals surface area (Å²) in [4.78, 5) is 2.44. The summed E-state index contributed by atoms with van der Waals surface area (Å²) in [5.74, 6) is 0.474. The van der Waals surface area contributed by atoms with Gasteiger partial charge < -0.3 is 14.8 Å². The summed E-state index contributed by atoms with van der Waals surface area (Å²) in [5, 5.41) is 3.39. The first-order valence-corrected chi connectivity index (χ1v) is 8.29. The number of ether oxygens (including phenoxy) is 2. The molecule has 1 saturated heterocycles. The fraction of sp³-hybridized carbons (Fsp3) is 0.647. The van der Waals surface area contributed by atoms with Crippen LogP contribution in [0.3, 0.4) is 0 Å². The van der Waals surface area contributed by atoms with Gasteiger partial charge in [-0.2, -0.15) is 8.78 Å². The maximum Gasteiger partial charge on any atom is 0.387 e. The van der Waals surface area contributed by atoms with E-state index in [9.17, 15) is 8.78 Å². The van der Waals surface area contributed by atoms with Crippen LogP contribution >= 0.6 is 12.4 Å². The molecular formula is C17H27ClF2N2O2. The lowest BCUT2D eigenvalue weighted by Gasteiger charge is -2.28. The second kappa shape index (κ2) is 10.7. The molecule has 7 heteroatoms. The molecule has 0 spiro atoms. The quantitative estimate of drug-likeness (QED) is 0.724. The van der Waals surface area contributed by atoms with Crippen molar-refractivity contribution in [2.75, 3.05) is 26.2 Å². The van der Waals surface area contributed by atoms with Crippen molar-refractivity contribution in [1.29, 1.82) is 0 Å². The molecule has 1 aliphatic rings. The minimum atomic E-state index is -2.85. The second-order valence-corrected chi connectivity index (χ2v) is 5.71. The number of halogens is 3. The average Bonchev–Trinajstić information content (AvgIpc) is 3.03. The highest BCUT2D eigenvalue weighted by molar-refractivity contribution is 5.85. The highest BCUT2D eigenvalue weighted by Crippen LogP contribution is 2.30. The molecular weight excluding hydrogens is 338 g/mol. The zero-order valence-electron chi connectivity index (χ0n) is 14.3. The summed E-state index contributed by atoms with van der Waals surface area (Å²) < 4.78 is 34.9. The first-order valence-electron chi connectivity index (χ1n) is 8.29. The molecule has 0 amide bonds. The second-order valence-electron chi connectivity index (χ2n) is 5.71. The Balaban J connectivity index is 0.00000288. The molecule has 2 rings (SSSR count). The van der Waals surface area contributed by atoms with Gasteiger partial charge >= 0.3 is 6.61 Å². The van der Waals surface area contributed by atoms with Crippen molar-refractivity contribution in [2.24, 2.45) is 0 Å². The van der Waals surface area contributed by atoms with Crippen molar-refractivity contribution < 1.29 is 18.3 Å². The van der Waals surface area contributed by atoms with E-state index < -0.39 is 6.61 Å². The highest BCUT2D eigenvalue weighted by Gasteiger charge is 2.22. The van der Waals surface area contributed by atoms with E-state index in [1.54, 1.807) is 6.07 Å². The Labute approximate surface area is 148 Å². The molecule has 138 valence electrons. The van der Waals surface area contributed by atoms with Gasteiger partial charge in [0.1, 0.15) is 0 Å². The molecule has 1 heterocycles. The number of rotatable bonds is 9. The van der Waals surface area contributed by atoms with Gasteiger partial charge in [-0.25, -0.2) is 0 Å². The lowest BCUT2D eigenvalue weighted by Crippen LogP contribution is -2.36. The van der Waals surface area contributed by atoms with E-state index in [1.807, 2.05) is 19.1 Å². The zero-order valence-corrected chi connectivity index (χ0v) is 15.1. The van der Waals surface area contributed by atoms with Crippen molar-refractivity contribution in [2.45, 2.75) is 45.9 Å². The predicted molar refractivity (Wildman–Crippen MR) is 93.5 cm³/mol. The van der Waals surface area contributed by atoms with Crippen LogP contribution in [0.1, 0.15) is 32.3 Å². The first kappa shape index (κ1) is 20.9. The van der Waals surface area contributed by atoms with Crippen LogP contribution in [-0.4, -0.2) is 43.8 Å². The number of hydrogen-bond acceptors (Lipinski definition) is 4. The van der Waals surface area contributed by atoms with E-state index in [1.165, 1.54) is 0 Å².